The smallest absolute Gasteiger partial charge is 0.176 e. The molecule has 1 heterocycles. The lowest BCUT2D eigenvalue weighted by Crippen LogP contribution is -2.44. The van der Waals surface area contributed by atoms with Crippen LogP contribution in [0.4, 0.5) is 8.78 Å². The molecule has 1 aliphatic carbocycles. The molecule has 1 saturated carbocycles. The summed E-state index contributed by atoms with van der Waals surface area (Å²) < 4.78 is 53.4. The topological polar surface area (TPSA) is 40.6 Å². The van der Waals surface area contributed by atoms with E-state index in [1.807, 2.05) is 24.3 Å². The van der Waals surface area contributed by atoms with Crippen molar-refractivity contribution in [3.05, 3.63) is 111 Å². The first-order valence-corrected chi connectivity index (χ1v) is 15.6. The molecule has 5 rings (SSSR count). The van der Waals surface area contributed by atoms with E-state index in [0.717, 1.165) is 55.1 Å². The summed E-state index contributed by atoms with van der Waals surface area (Å²) in [5, 5.41) is 0.639. The van der Waals surface area contributed by atoms with Crippen molar-refractivity contribution in [1.29, 1.82) is 0 Å². The summed E-state index contributed by atoms with van der Waals surface area (Å²) in [7, 11) is -3.72. The van der Waals surface area contributed by atoms with Gasteiger partial charge in [-0.2, -0.15) is 0 Å². The molecule has 206 valence electrons. The van der Waals surface area contributed by atoms with Gasteiger partial charge in [-0.1, -0.05) is 54.9 Å². The summed E-state index contributed by atoms with van der Waals surface area (Å²) in [4.78, 5) is 4.72. The van der Waals surface area contributed by atoms with Crippen molar-refractivity contribution in [2.75, 3.05) is 25.9 Å². The van der Waals surface area contributed by atoms with Gasteiger partial charge in [0.15, 0.2) is 9.84 Å². The fourth-order valence-electron chi connectivity index (χ4n) is 5.55. The van der Waals surface area contributed by atoms with E-state index >= 15 is 0 Å². The van der Waals surface area contributed by atoms with Crippen LogP contribution in [0.1, 0.15) is 54.5 Å². The van der Waals surface area contributed by atoms with E-state index in [0.29, 0.717) is 29.7 Å². The number of rotatable bonds is 10. The van der Waals surface area contributed by atoms with E-state index in [9.17, 15) is 17.2 Å². The highest BCUT2D eigenvalue weighted by atomic mass is 35.5. The highest BCUT2D eigenvalue weighted by molar-refractivity contribution is 8.00. The van der Waals surface area contributed by atoms with Crippen LogP contribution < -0.4 is 0 Å². The van der Waals surface area contributed by atoms with Gasteiger partial charge in [-0.15, -0.1) is 0 Å². The second-order valence-electron chi connectivity index (χ2n) is 10.7. The molecule has 2 fully saturated rings. The number of halogens is 3. The molecule has 3 aromatic carbocycles. The first-order valence-electron chi connectivity index (χ1n) is 13.3. The van der Waals surface area contributed by atoms with E-state index in [1.165, 1.54) is 18.4 Å². The number of benzene rings is 3. The van der Waals surface area contributed by atoms with Gasteiger partial charge >= 0.3 is 0 Å². The predicted molar refractivity (Wildman–Crippen MR) is 153 cm³/mol. The van der Waals surface area contributed by atoms with E-state index < -0.39 is 21.5 Å². The van der Waals surface area contributed by atoms with Crippen molar-refractivity contribution < 1.29 is 17.2 Å². The first-order chi connectivity index (χ1) is 18.6. The van der Waals surface area contributed by atoms with Crippen molar-refractivity contribution in [2.24, 2.45) is 0 Å². The summed E-state index contributed by atoms with van der Waals surface area (Å²) >= 11 is 6.17. The summed E-state index contributed by atoms with van der Waals surface area (Å²) in [6.07, 6.45) is 4.77. The normalized spacial score (nSPS) is 16.8. The van der Waals surface area contributed by atoms with E-state index in [-0.39, 0.29) is 16.5 Å². The molecule has 0 aromatic heterocycles. The second kappa shape index (κ2) is 11.5. The molecule has 1 atom stereocenters. The van der Waals surface area contributed by atoms with Crippen molar-refractivity contribution in [3.63, 3.8) is 0 Å². The maximum atomic E-state index is 14.0. The van der Waals surface area contributed by atoms with Crippen molar-refractivity contribution in [2.45, 2.75) is 44.8 Å². The fraction of sp³-hybridized carbons (Fsp3) is 0.355. The Hall–Kier alpha value is -2.58. The van der Waals surface area contributed by atoms with Crippen molar-refractivity contribution >= 4 is 26.3 Å². The molecule has 0 unspecified atom stereocenters. The molecule has 0 amide bonds. The van der Waals surface area contributed by atoms with Gasteiger partial charge in [0.05, 0.1) is 10.9 Å². The average molecular weight is 571 g/mol. The molecule has 4 nitrogen and oxygen atoms in total. The lowest BCUT2D eigenvalue weighted by atomic mass is 9.91. The average Bonchev–Trinajstić information content (AvgIpc) is 3.68. The molecule has 2 aliphatic rings. The SMILES string of the molecule is CCCN(Cc1ccc([C@H](c2ccc(Cl)cc2)N2CC(=C(c3cc(F)cc(F)c3)S(C)(=O)=O)C2)cc1)C1CC1. The standard InChI is InChI=1S/C31H33ClF2N2O2S/c1-3-14-35(29-12-13-29)18-21-4-6-22(7-5-21)30(23-8-10-26(32)11-9-23)36-19-25(20-36)31(39(2,37)38)24-15-27(33)17-28(34)16-24/h4-11,15-17,29-30H,3,12-14,18-20H2,1-2H3/t30-/m1/s1. The molecule has 1 aliphatic heterocycles. The zero-order chi connectivity index (χ0) is 27.7. The number of hydrogen-bond acceptors (Lipinski definition) is 4. The van der Waals surface area contributed by atoms with E-state index in [2.05, 4.69) is 41.0 Å². The highest BCUT2D eigenvalue weighted by Gasteiger charge is 2.35. The fourth-order valence-corrected chi connectivity index (χ4v) is 6.88. The monoisotopic (exact) mass is 570 g/mol. The Morgan fingerprint density at radius 2 is 1.54 bits per heavy atom. The molecular formula is C31H33ClF2N2O2S. The molecule has 39 heavy (non-hydrogen) atoms. The zero-order valence-electron chi connectivity index (χ0n) is 22.2. The molecule has 0 bridgehead atoms. The number of hydrogen-bond donors (Lipinski definition) is 0. The summed E-state index contributed by atoms with van der Waals surface area (Å²) in [6, 6.07) is 19.8. The van der Waals surface area contributed by atoms with Crippen molar-refractivity contribution in [3.8, 4) is 0 Å². The minimum absolute atomic E-state index is 0.00144. The minimum atomic E-state index is -3.72. The van der Waals surface area contributed by atoms with Gasteiger partial charge in [0.25, 0.3) is 0 Å². The summed E-state index contributed by atoms with van der Waals surface area (Å²) in [5.41, 5.74) is 4.08. The van der Waals surface area contributed by atoms with Crippen LogP contribution >= 0.6 is 11.6 Å². The Balaban J connectivity index is 1.44. The van der Waals surface area contributed by atoms with Gasteiger partial charge in [0.2, 0.25) is 0 Å². The lowest BCUT2D eigenvalue weighted by Gasteiger charge is -2.42. The van der Waals surface area contributed by atoms with Crippen LogP contribution in [-0.4, -0.2) is 50.1 Å². The van der Waals surface area contributed by atoms with E-state index in [4.69, 9.17) is 11.6 Å². The minimum Gasteiger partial charge on any atom is -0.296 e. The Morgan fingerprint density at radius 1 is 0.974 bits per heavy atom. The van der Waals surface area contributed by atoms with Crippen LogP contribution in [0, 0.1) is 11.6 Å². The molecule has 0 spiro atoms. The van der Waals surface area contributed by atoms with Gasteiger partial charge in [-0.25, -0.2) is 17.2 Å². The Morgan fingerprint density at radius 3 is 2.05 bits per heavy atom. The maximum Gasteiger partial charge on any atom is 0.176 e. The molecule has 0 N–H and O–H groups in total. The first kappa shape index (κ1) is 28.0. The van der Waals surface area contributed by atoms with Gasteiger partial charge in [0, 0.05) is 43.0 Å². The van der Waals surface area contributed by atoms with Crippen LogP contribution in [0.2, 0.25) is 5.02 Å². The van der Waals surface area contributed by atoms with Crippen LogP contribution in [0.25, 0.3) is 4.91 Å². The molecule has 1 saturated heterocycles. The zero-order valence-corrected chi connectivity index (χ0v) is 23.8. The van der Waals surface area contributed by atoms with Crippen LogP contribution in [-0.2, 0) is 16.4 Å². The number of likely N-dealkylation sites (tertiary alicyclic amines) is 1. The Labute approximate surface area is 234 Å². The molecule has 3 aromatic rings. The van der Waals surface area contributed by atoms with Gasteiger partial charge in [0.1, 0.15) is 11.6 Å². The highest BCUT2D eigenvalue weighted by Crippen LogP contribution is 2.39. The largest absolute Gasteiger partial charge is 0.296 e. The van der Waals surface area contributed by atoms with Crippen LogP contribution in [0.15, 0.2) is 72.3 Å². The Kier molecular flexibility index (Phi) is 8.24. The van der Waals surface area contributed by atoms with Gasteiger partial charge in [-0.3, -0.25) is 9.80 Å². The summed E-state index contributed by atoms with van der Waals surface area (Å²) in [6.45, 7) is 4.97. The van der Waals surface area contributed by atoms with Crippen LogP contribution in [0.3, 0.4) is 0 Å². The maximum absolute atomic E-state index is 14.0. The molecule has 0 radical (unpaired) electrons. The third-order valence-corrected chi connectivity index (χ3v) is 8.93. The lowest BCUT2D eigenvalue weighted by molar-refractivity contribution is 0.203. The second-order valence-corrected chi connectivity index (χ2v) is 13.1. The number of nitrogens with zero attached hydrogens (tertiary/aromatic N) is 2. The van der Waals surface area contributed by atoms with Crippen LogP contribution in [0.5, 0.6) is 0 Å². The quantitative estimate of drug-likeness (QED) is 0.267. The predicted octanol–water partition coefficient (Wildman–Crippen LogP) is 6.85. The Bertz CT molecular complexity index is 1440. The van der Waals surface area contributed by atoms with Gasteiger partial charge in [-0.05, 0) is 77.9 Å². The number of sulfone groups is 1. The molecule has 8 heteroatoms. The van der Waals surface area contributed by atoms with Gasteiger partial charge < -0.3 is 0 Å². The summed E-state index contributed by atoms with van der Waals surface area (Å²) in [5.74, 6) is -1.61. The van der Waals surface area contributed by atoms with E-state index in [1.54, 1.807) is 0 Å². The van der Waals surface area contributed by atoms with Crippen molar-refractivity contribution in [1.82, 2.24) is 9.80 Å². The third-order valence-electron chi connectivity index (χ3n) is 7.41. The third kappa shape index (κ3) is 6.60. The molecular weight excluding hydrogens is 538 g/mol.